The highest BCUT2D eigenvalue weighted by Crippen LogP contribution is 2.59. The van der Waals surface area contributed by atoms with Gasteiger partial charge in [-0.15, -0.1) is 13.2 Å². The zero-order valence-electron chi connectivity index (χ0n) is 21.9. The van der Waals surface area contributed by atoms with Crippen molar-refractivity contribution in [1.29, 1.82) is 0 Å². The van der Waals surface area contributed by atoms with E-state index in [1.165, 1.54) is 4.90 Å². The maximum Gasteiger partial charge on any atom is 0.312 e. The van der Waals surface area contributed by atoms with E-state index in [-0.39, 0.29) is 31.6 Å². The van der Waals surface area contributed by atoms with Gasteiger partial charge in [-0.05, 0) is 62.8 Å². The summed E-state index contributed by atoms with van der Waals surface area (Å²) in [5.74, 6) is -2.76. The number of nitrogens with zero attached hydrogens (tertiary/aromatic N) is 2. The van der Waals surface area contributed by atoms with Crippen molar-refractivity contribution in [3.05, 3.63) is 54.6 Å². The van der Waals surface area contributed by atoms with E-state index in [1.54, 1.807) is 35.2 Å². The van der Waals surface area contributed by atoms with Gasteiger partial charge in [-0.1, -0.05) is 30.7 Å². The Kier molecular flexibility index (Phi) is 8.96. The number of aliphatic hydroxyl groups excluding tert-OH is 1. The van der Waals surface area contributed by atoms with Crippen molar-refractivity contribution in [2.45, 2.75) is 69.2 Å². The van der Waals surface area contributed by atoms with E-state index in [2.05, 4.69) is 13.2 Å². The second-order valence-electron chi connectivity index (χ2n) is 10.2. The van der Waals surface area contributed by atoms with Crippen molar-refractivity contribution in [3.63, 3.8) is 0 Å². The lowest BCUT2D eigenvalue weighted by molar-refractivity contribution is -0.156. The number of unbranched alkanes of at least 4 members (excludes halogenated alkanes) is 2. The quantitative estimate of drug-likeness (QED) is 0.230. The number of carbonyl (C=O) groups is 3. The van der Waals surface area contributed by atoms with Gasteiger partial charge < -0.3 is 24.4 Å². The summed E-state index contributed by atoms with van der Waals surface area (Å²) in [6.07, 6.45) is 6.81. The van der Waals surface area contributed by atoms with Crippen LogP contribution in [0.4, 0.5) is 5.69 Å². The van der Waals surface area contributed by atoms with Gasteiger partial charge in [0.25, 0.3) is 5.91 Å². The molecule has 3 heterocycles. The molecule has 1 aromatic carbocycles. The Balaban J connectivity index is 1.69. The van der Waals surface area contributed by atoms with Crippen LogP contribution in [0.15, 0.2) is 49.6 Å². The van der Waals surface area contributed by atoms with E-state index in [1.807, 2.05) is 13.0 Å². The number of hydrogen-bond acceptors (Lipinski definition) is 6. The van der Waals surface area contributed by atoms with Crippen LogP contribution in [-0.4, -0.2) is 71.3 Å². The molecule has 2 amide bonds. The Morgan fingerprint density at radius 3 is 2.66 bits per heavy atom. The Hall–Kier alpha value is -2.68. The number of esters is 1. The topological polar surface area (TPSA) is 96.4 Å². The lowest BCUT2D eigenvalue weighted by Crippen LogP contribution is -2.59. The van der Waals surface area contributed by atoms with Crippen LogP contribution in [-0.2, 0) is 23.9 Å². The molecule has 38 heavy (non-hydrogen) atoms. The maximum atomic E-state index is 14.4. The molecule has 3 saturated heterocycles. The van der Waals surface area contributed by atoms with Crippen LogP contribution in [0.25, 0.3) is 0 Å². The average Bonchev–Trinajstić information content (AvgIpc) is 3.56. The number of fused-ring (bicyclic) bond motifs is 1. The van der Waals surface area contributed by atoms with Gasteiger partial charge in [0.15, 0.2) is 0 Å². The lowest BCUT2D eigenvalue weighted by atomic mass is 9.70. The van der Waals surface area contributed by atoms with Gasteiger partial charge in [0.1, 0.15) is 11.6 Å². The van der Waals surface area contributed by atoms with Crippen LogP contribution in [0.3, 0.4) is 0 Å². The first kappa shape index (κ1) is 28.3. The number of aliphatic hydroxyl groups is 1. The van der Waals surface area contributed by atoms with Crippen LogP contribution in [0.5, 0.6) is 0 Å². The largest absolute Gasteiger partial charge is 0.465 e. The monoisotopic (exact) mass is 544 g/mol. The zero-order chi connectivity index (χ0) is 27.4. The smallest absolute Gasteiger partial charge is 0.312 e. The van der Waals surface area contributed by atoms with Crippen molar-refractivity contribution in [1.82, 2.24) is 4.90 Å². The summed E-state index contributed by atoms with van der Waals surface area (Å²) in [4.78, 5) is 44.7. The van der Waals surface area contributed by atoms with Crippen molar-refractivity contribution in [2.75, 3.05) is 24.7 Å². The maximum absolute atomic E-state index is 14.4. The SMILES string of the molecule is C=CCCCCOC(=O)[C@@H]1[C@@H]2CCC3(O2)C(C(=O)N(CC=C)c2ccc(Cl)cc2)N([C@@H](CC)CO)C(=O)[C@H]13. The van der Waals surface area contributed by atoms with E-state index < -0.39 is 41.6 Å². The molecule has 0 radical (unpaired) electrons. The molecular weight excluding hydrogens is 508 g/mol. The average molecular weight is 545 g/mol. The van der Waals surface area contributed by atoms with E-state index in [0.29, 0.717) is 36.4 Å². The highest BCUT2D eigenvalue weighted by molar-refractivity contribution is 6.30. The van der Waals surface area contributed by atoms with Crippen LogP contribution in [0.2, 0.25) is 5.02 Å². The highest BCUT2D eigenvalue weighted by Gasteiger charge is 2.75. The number of ether oxygens (including phenoxy) is 2. The number of benzene rings is 1. The molecule has 3 aliphatic heterocycles. The molecule has 2 bridgehead atoms. The molecule has 3 fully saturated rings. The number of halogens is 1. The number of rotatable bonds is 13. The van der Waals surface area contributed by atoms with Gasteiger partial charge in [0.05, 0.1) is 37.2 Å². The minimum atomic E-state index is -1.17. The molecule has 3 aliphatic rings. The van der Waals surface area contributed by atoms with Gasteiger partial charge in [0, 0.05) is 17.3 Å². The number of likely N-dealkylation sites (tertiary alicyclic amines) is 1. The van der Waals surface area contributed by atoms with Gasteiger partial charge in [-0.25, -0.2) is 0 Å². The number of allylic oxidation sites excluding steroid dienone is 1. The molecule has 9 heteroatoms. The predicted molar refractivity (Wildman–Crippen MR) is 145 cm³/mol. The van der Waals surface area contributed by atoms with E-state index >= 15 is 0 Å². The first-order valence-electron chi connectivity index (χ1n) is 13.4. The first-order chi connectivity index (χ1) is 18.3. The van der Waals surface area contributed by atoms with Crippen LogP contribution >= 0.6 is 11.6 Å². The van der Waals surface area contributed by atoms with E-state index in [9.17, 15) is 19.5 Å². The van der Waals surface area contributed by atoms with Crippen molar-refractivity contribution < 1.29 is 29.0 Å². The van der Waals surface area contributed by atoms with Crippen LogP contribution in [0, 0.1) is 11.8 Å². The molecule has 0 aromatic heterocycles. The molecule has 0 saturated carbocycles. The fourth-order valence-electron chi connectivity index (χ4n) is 6.33. The second kappa shape index (κ2) is 12.0. The van der Waals surface area contributed by atoms with Gasteiger partial charge in [0.2, 0.25) is 5.91 Å². The molecule has 8 nitrogen and oxygen atoms in total. The number of hydrogen-bond donors (Lipinski definition) is 1. The summed E-state index contributed by atoms with van der Waals surface area (Å²) >= 11 is 6.08. The Labute approximate surface area is 229 Å². The molecule has 0 aliphatic carbocycles. The summed E-state index contributed by atoms with van der Waals surface area (Å²) < 4.78 is 12.1. The van der Waals surface area contributed by atoms with Crippen molar-refractivity contribution in [2.24, 2.45) is 11.8 Å². The molecule has 2 unspecified atom stereocenters. The Morgan fingerprint density at radius 1 is 1.29 bits per heavy atom. The summed E-state index contributed by atoms with van der Waals surface area (Å²) in [6, 6.07) is 5.28. The predicted octanol–water partition coefficient (Wildman–Crippen LogP) is 3.90. The fourth-order valence-corrected chi connectivity index (χ4v) is 6.45. The lowest BCUT2D eigenvalue weighted by Gasteiger charge is -2.39. The molecule has 206 valence electrons. The third-order valence-corrected chi connectivity index (χ3v) is 8.33. The summed E-state index contributed by atoms with van der Waals surface area (Å²) in [5.41, 5.74) is -0.564. The van der Waals surface area contributed by atoms with Gasteiger partial charge in [-0.2, -0.15) is 0 Å². The second-order valence-corrected chi connectivity index (χ2v) is 10.6. The van der Waals surface area contributed by atoms with E-state index in [0.717, 1.165) is 12.8 Å². The van der Waals surface area contributed by atoms with Crippen LogP contribution in [0.1, 0.15) is 45.4 Å². The minimum absolute atomic E-state index is 0.204. The molecular formula is C29H37ClN2O6. The van der Waals surface area contributed by atoms with Crippen molar-refractivity contribution in [3.8, 4) is 0 Å². The molecule has 4 rings (SSSR count). The Morgan fingerprint density at radius 2 is 2.03 bits per heavy atom. The van der Waals surface area contributed by atoms with E-state index in [4.69, 9.17) is 21.1 Å². The normalized spacial score (nSPS) is 28.2. The third-order valence-electron chi connectivity index (χ3n) is 8.08. The fraction of sp³-hybridized carbons (Fsp3) is 0.552. The van der Waals surface area contributed by atoms with Crippen molar-refractivity contribution >= 4 is 35.1 Å². The summed E-state index contributed by atoms with van der Waals surface area (Å²) in [7, 11) is 0. The zero-order valence-corrected chi connectivity index (χ0v) is 22.6. The third kappa shape index (κ3) is 4.90. The first-order valence-corrected chi connectivity index (χ1v) is 13.8. The van der Waals surface area contributed by atoms with Gasteiger partial charge in [-0.3, -0.25) is 14.4 Å². The summed E-state index contributed by atoms with van der Waals surface area (Å²) in [6.45, 7) is 9.52. The molecule has 6 atom stereocenters. The Bertz CT molecular complexity index is 1060. The van der Waals surface area contributed by atoms with Crippen LogP contribution < -0.4 is 4.90 Å². The van der Waals surface area contributed by atoms with Gasteiger partial charge >= 0.3 is 5.97 Å². The molecule has 1 spiro atoms. The molecule has 1 N–H and O–H groups in total. The number of amides is 2. The molecule has 1 aromatic rings. The minimum Gasteiger partial charge on any atom is -0.465 e. The number of anilines is 1. The standard InChI is InChI=1S/C29H37ClN2O6/c1-4-7-8-9-17-37-28(36)23-22-14-15-29(38-22)24(23)26(34)32(20(6-3)18-33)25(29)27(35)31(16-5-2)21-12-10-19(30)11-13-21/h4-5,10-13,20,22-25,33H,1-2,6-9,14-18H2,3H3/t20-,22-,23+,24-,25?,29?/m0/s1. The number of carbonyl (C=O) groups excluding carboxylic acids is 3. The highest BCUT2D eigenvalue weighted by atomic mass is 35.5. The summed E-state index contributed by atoms with van der Waals surface area (Å²) in [5, 5.41) is 10.7.